The van der Waals surface area contributed by atoms with E-state index in [1.807, 2.05) is 0 Å². The number of carboxylic acids is 1. The Balaban J connectivity index is 3.25. The number of nitrogens with one attached hydrogen (secondary N) is 1. The van der Waals surface area contributed by atoms with Crippen LogP contribution in [0.4, 0.5) is 0 Å². The third kappa shape index (κ3) is 1.19. The highest BCUT2D eigenvalue weighted by Crippen LogP contribution is 2.05. The highest BCUT2D eigenvalue weighted by molar-refractivity contribution is 5.87. The zero-order valence-electron chi connectivity index (χ0n) is 9.29. The van der Waals surface area contributed by atoms with Crippen molar-refractivity contribution in [3.63, 3.8) is 0 Å². The molecule has 0 aromatic carbocycles. The largest absolute Gasteiger partial charge is 0.480 e. The molecule has 1 atom stereocenters. The second-order valence-electron chi connectivity index (χ2n) is 1.44. The van der Waals surface area contributed by atoms with Crippen LogP contribution in [-0.4, -0.2) is 23.0 Å². The van der Waals surface area contributed by atoms with Crippen LogP contribution in [0.5, 0.6) is 0 Å². The van der Waals surface area contributed by atoms with E-state index < -0.39 is 30.7 Å². The lowest BCUT2D eigenvalue weighted by atomic mass is 10.2. The Hall–Kier alpha value is -1.06. The van der Waals surface area contributed by atoms with Crippen molar-refractivity contribution in [2.75, 3.05) is 0 Å². The van der Waals surface area contributed by atoms with E-state index in [0.717, 1.165) is 0 Å². The van der Waals surface area contributed by atoms with Gasteiger partial charge in [-0.25, -0.2) is 4.79 Å². The van der Waals surface area contributed by atoms with Gasteiger partial charge in [-0.1, -0.05) is 0 Å². The van der Waals surface area contributed by atoms with Gasteiger partial charge in [0.25, 0.3) is 0 Å². The molecule has 1 heterocycles. The van der Waals surface area contributed by atoms with Crippen LogP contribution in [0.25, 0.3) is 0 Å². The third-order valence-corrected chi connectivity index (χ3v) is 0.796. The molecule has 1 aliphatic rings. The molecular formula is C5H7NO3. The van der Waals surface area contributed by atoms with Crippen LogP contribution >= 0.6 is 0 Å². The fourth-order valence-corrected chi connectivity index (χ4v) is 0.429. The summed E-state index contributed by atoms with van der Waals surface area (Å²) in [6.07, 6.45) is -5.88. The van der Waals surface area contributed by atoms with Crippen LogP contribution < -0.4 is 5.31 Å². The van der Waals surface area contributed by atoms with Crippen LogP contribution in [0, 0.1) is 0 Å². The van der Waals surface area contributed by atoms with E-state index in [9.17, 15) is 9.59 Å². The Morgan fingerprint density at radius 1 is 2.11 bits per heavy atom. The van der Waals surface area contributed by atoms with Crippen LogP contribution in [0.15, 0.2) is 0 Å². The summed E-state index contributed by atoms with van der Waals surface area (Å²) in [7, 11) is 0. The first kappa shape index (κ1) is 2.28. The van der Waals surface area contributed by atoms with Gasteiger partial charge in [-0.05, 0) is 6.37 Å². The molecule has 9 heavy (non-hydrogen) atoms. The molecule has 0 spiro atoms. The molecule has 4 heteroatoms. The van der Waals surface area contributed by atoms with Crippen molar-refractivity contribution >= 4 is 11.9 Å². The second-order valence-corrected chi connectivity index (χ2v) is 1.44. The summed E-state index contributed by atoms with van der Waals surface area (Å²) in [4.78, 5) is 21.6. The smallest absolute Gasteiger partial charge is 0.326 e. The van der Waals surface area contributed by atoms with E-state index >= 15 is 0 Å². The monoisotopic (exact) mass is 134 g/mol. The fraction of sp³-hybridized carbons (Fsp3) is 0.600. The molecule has 1 unspecified atom stereocenters. The topological polar surface area (TPSA) is 66.4 Å². The van der Waals surface area contributed by atoms with Crippen LogP contribution in [0.1, 0.15) is 18.2 Å². The van der Waals surface area contributed by atoms with E-state index in [4.69, 9.17) is 12.0 Å². The van der Waals surface area contributed by atoms with Gasteiger partial charge in [-0.2, -0.15) is 0 Å². The summed E-state index contributed by atoms with van der Waals surface area (Å²) in [6, 6.07) is -2.11. The SMILES string of the molecule is [2H]N1C(=O)C([2H])([2H])C([2H])([2H])C1C(=O)O. The van der Waals surface area contributed by atoms with Gasteiger partial charge in [0.15, 0.2) is 1.41 Å². The molecule has 1 fully saturated rings. The lowest BCUT2D eigenvalue weighted by Crippen LogP contribution is -2.32. The van der Waals surface area contributed by atoms with Gasteiger partial charge in [-0.3, -0.25) is 4.79 Å². The standard InChI is InChI=1S/C5H7NO3/c7-4-2-1-3(6-4)5(8)9/h3H,1-2H2,(H,6,7)(H,8,9)/i1D2,2D2/hD. The molecule has 1 aliphatic heterocycles. The first-order chi connectivity index (χ1) is 6.14. The van der Waals surface area contributed by atoms with Crippen molar-refractivity contribution in [1.29, 1.82) is 0 Å². The van der Waals surface area contributed by atoms with Gasteiger partial charge in [0.1, 0.15) is 6.04 Å². The quantitative estimate of drug-likeness (QED) is 0.500. The zero-order chi connectivity index (χ0) is 11.3. The highest BCUT2D eigenvalue weighted by atomic mass is 16.4. The minimum atomic E-state index is -2.97. The molecule has 2 N–H and O–H groups in total. The Labute approximate surface area is 58.9 Å². The van der Waals surface area contributed by atoms with E-state index in [1.54, 1.807) is 0 Å². The van der Waals surface area contributed by atoms with E-state index in [-0.39, 0.29) is 5.31 Å². The molecule has 0 bridgehead atoms. The lowest BCUT2D eigenvalue weighted by molar-refractivity contribution is -0.140. The molecule has 0 aliphatic carbocycles. The first-order valence-electron chi connectivity index (χ1n) is 4.64. The van der Waals surface area contributed by atoms with Crippen LogP contribution in [0.3, 0.4) is 0 Å². The lowest BCUT2D eigenvalue weighted by Gasteiger charge is -1.99. The maximum atomic E-state index is 11.0. The summed E-state index contributed by atoms with van der Waals surface area (Å²) in [5.74, 6) is -3.21. The van der Waals surface area contributed by atoms with Gasteiger partial charge < -0.3 is 10.4 Å². The van der Waals surface area contributed by atoms with Gasteiger partial charge in [-0.15, -0.1) is 0 Å². The maximum Gasteiger partial charge on any atom is 0.326 e. The average Bonchev–Trinajstić information content (AvgIpc) is 2.10. The molecule has 0 radical (unpaired) electrons. The van der Waals surface area contributed by atoms with Crippen molar-refractivity contribution in [2.45, 2.75) is 18.8 Å². The average molecular weight is 134 g/mol. The maximum absolute atomic E-state index is 11.0. The second kappa shape index (κ2) is 2.05. The molecule has 1 rings (SSSR count). The molecule has 50 valence electrons. The van der Waals surface area contributed by atoms with Crippen LogP contribution in [-0.2, 0) is 9.59 Å². The van der Waals surface area contributed by atoms with Gasteiger partial charge in [0, 0.05) is 11.9 Å². The minimum absolute atomic E-state index is 0.164. The summed E-state index contributed by atoms with van der Waals surface area (Å²) >= 11 is 0. The number of aliphatic carboxylic acids is 1. The summed E-state index contributed by atoms with van der Waals surface area (Å²) in [5, 5.41) is 8.38. The molecular weight excluding hydrogens is 122 g/mol. The Morgan fingerprint density at radius 2 is 2.78 bits per heavy atom. The molecule has 0 aromatic heterocycles. The summed E-state index contributed by atoms with van der Waals surface area (Å²) in [5.41, 5.74) is 0. The number of hydrogen-bond acceptors (Lipinski definition) is 2. The van der Waals surface area contributed by atoms with Crippen molar-refractivity contribution < 1.29 is 21.6 Å². The number of rotatable bonds is 1. The molecule has 1 amide bonds. The molecule has 0 saturated carbocycles. The predicted molar refractivity (Wildman–Crippen MR) is 28.8 cm³/mol. The number of carboxylic acid groups (broad SMARTS) is 1. The van der Waals surface area contributed by atoms with Crippen molar-refractivity contribution in [3.8, 4) is 0 Å². The Kier molecular flexibility index (Phi) is 0.519. The molecule has 1 saturated heterocycles. The Morgan fingerprint density at radius 3 is 3.00 bits per heavy atom. The van der Waals surface area contributed by atoms with E-state index in [2.05, 4.69) is 0 Å². The number of amides is 1. The number of carbonyl (C=O) groups is 2. The summed E-state index contributed by atoms with van der Waals surface area (Å²) in [6.45, 7) is 0. The molecule has 0 aromatic rings. The molecule has 4 nitrogen and oxygen atoms in total. The van der Waals surface area contributed by atoms with Gasteiger partial charge in [0.05, 0.1) is 0 Å². The van der Waals surface area contributed by atoms with Crippen molar-refractivity contribution in [1.82, 2.24) is 5.31 Å². The van der Waals surface area contributed by atoms with Crippen molar-refractivity contribution in [3.05, 3.63) is 0 Å². The first-order valence-corrected chi connectivity index (χ1v) is 2.19. The van der Waals surface area contributed by atoms with E-state index in [1.165, 1.54) is 0 Å². The number of carbonyl (C=O) groups excluding carboxylic acids is 1. The Bertz CT molecular complexity index is 304. The number of hydrogen-bond donors (Lipinski definition) is 2. The third-order valence-electron chi connectivity index (χ3n) is 0.796. The zero-order valence-corrected chi connectivity index (χ0v) is 4.29. The fourth-order valence-electron chi connectivity index (χ4n) is 0.429. The normalized spacial score (nSPS) is 46.2. The minimum Gasteiger partial charge on any atom is -0.480 e. The van der Waals surface area contributed by atoms with Crippen molar-refractivity contribution in [2.24, 2.45) is 0 Å². The van der Waals surface area contributed by atoms with E-state index in [0.29, 0.717) is 0 Å². The van der Waals surface area contributed by atoms with Gasteiger partial charge in [0.2, 0.25) is 5.91 Å². The van der Waals surface area contributed by atoms with Gasteiger partial charge >= 0.3 is 5.97 Å². The summed E-state index contributed by atoms with van der Waals surface area (Å²) < 4.78 is 35.4. The highest BCUT2D eigenvalue weighted by Gasteiger charge is 2.26. The van der Waals surface area contributed by atoms with Crippen LogP contribution in [0.2, 0.25) is 1.41 Å². The predicted octanol–water partition coefficient (Wildman–Crippen LogP) is -0.650.